The Hall–Kier alpha value is -3.52. The maximum atomic E-state index is 13.6. The van der Waals surface area contributed by atoms with Gasteiger partial charge in [0.05, 0.1) is 6.33 Å². The van der Waals surface area contributed by atoms with E-state index in [4.69, 9.17) is 0 Å². The van der Waals surface area contributed by atoms with Gasteiger partial charge in [-0.25, -0.2) is 4.98 Å². The van der Waals surface area contributed by atoms with Crippen molar-refractivity contribution in [2.75, 3.05) is 18.0 Å². The van der Waals surface area contributed by atoms with Crippen LogP contribution in [-0.2, 0) is 29.2 Å². The molecule has 194 valence electrons. The highest BCUT2D eigenvalue weighted by molar-refractivity contribution is 5.92. The second-order valence-corrected chi connectivity index (χ2v) is 10.2. The number of nitrogens with zero attached hydrogens (tertiary/aromatic N) is 6. The second kappa shape index (κ2) is 11.7. The Morgan fingerprint density at radius 3 is 2.57 bits per heavy atom. The summed E-state index contributed by atoms with van der Waals surface area (Å²) in [7, 11) is 0. The van der Waals surface area contributed by atoms with Crippen molar-refractivity contribution in [3.05, 3.63) is 78.6 Å². The van der Waals surface area contributed by atoms with Gasteiger partial charge in [-0.05, 0) is 55.0 Å². The summed E-state index contributed by atoms with van der Waals surface area (Å²) in [6.07, 6.45) is 13.5. The fourth-order valence-corrected chi connectivity index (χ4v) is 5.82. The molecule has 8 nitrogen and oxygen atoms in total. The molecule has 0 radical (unpaired) electrons. The van der Waals surface area contributed by atoms with E-state index >= 15 is 0 Å². The average molecular weight is 501 g/mol. The minimum atomic E-state index is 0.0418. The zero-order valence-corrected chi connectivity index (χ0v) is 21.6. The van der Waals surface area contributed by atoms with Crippen molar-refractivity contribution in [2.24, 2.45) is 0 Å². The van der Waals surface area contributed by atoms with Gasteiger partial charge in [-0.2, -0.15) is 0 Å². The number of anilines is 1. The molecule has 37 heavy (non-hydrogen) atoms. The van der Waals surface area contributed by atoms with Crippen LogP contribution in [-0.4, -0.2) is 61.3 Å². The zero-order valence-electron chi connectivity index (χ0n) is 21.6. The molecule has 0 unspecified atom stereocenters. The van der Waals surface area contributed by atoms with Crippen molar-refractivity contribution in [1.29, 1.82) is 0 Å². The molecule has 2 bridgehead atoms. The van der Waals surface area contributed by atoms with Crippen LogP contribution in [0, 0.1) is 0 Å². The van der Waals surface area contributed by atoms with Gasteiger partial charge in [0.25, 0.3) is 0 Å². The summed E-state index contributed by atoms with van der Waals surface area (Å²) in [6, 6.07) is 12.8. The van der Waals surface area contributed by atoms with Gasteiger partial charge in [-0.15, -0.1) is 0 Å². The lowest BCUT2D eigenvalue weighted by atomic mass is 10.1. The standard InChI is InChI=1S/C29H36N6O2/c1-23(36)34-17-12-26-8-9-27(35(26)19-24-10-13-30-14-11-24)21-33(20-25-5-2-3-6-28(25)34)29(37)7-4-16-32-18-15-31-22-32/h2-3,5-6,10-11,13-15,18,22,26-27H,4,7-9,12,16-17,19-21H2,1H3/t26-,27+/m1/s1. The molecule has 0 aliphatic carbocycles. The fraction of sp³-hybridized carbons (Fsp3) is 0.448. The highest BCUT2D eigenvalue weighted by atomic mass is 16.2. The quantitative estimate of drug-likeness (QED) is 0.514. The number of hydrogen-bond donors (Lipinski definition) is 0. The van der Waals surface area contributed by atoms with Crippen molar-refractivity contribution >= 4 is 17.5 Å². The van der Waals surface area contributed by atoms with E-state index in [9.17, 15) is 9.59 Å². The van der Waals surface area contributed by atoms with Gasteiger partial charge < -0.3 is 14.4 Å². The molecule has 2 aliphatic heterocycles. The van der Waals surface area contributed by atoms with Crippen molar-refractivity contribution in [1.82, 2.24) is 24.3 Å². The van der Waals surface area contributed by atoms with Gasteiger partial charge in [0.2, 0.25) is 11.8 Å². The van der Waals surface area contributed by atoms with E-state index in [1.165, 1.54) is 5.56 Å². The summed E-state index contributed by atoms with van der Waals surface area (Å²) in [5.41, 5.74) is 3.18. The van der Waals surface area contributed by atoms with Gasteiger partial charge in [-0.3, -0.25) is 19.5 Å². The molecule has 1 aromatic carbocycles. The third kappa shape index (κ3) is 6.07. The van der Waals surface area contributed by atoms with E-state index in [0.29, 0.717) is 32.1 Å². The number of amides is 2. The molecule has 5 rings (SSSR count). The number of carbonyl (C=O) groups excluding carboxylic acids is 2. The lowest BCUT2D eigenvalue weighted by Crippen LogP contribution is -2.45. The Bertz CT molecular complexity index is 1180. The van der Waals surface area contributed by atoms with Crippen LogP contribution in [0.25, 0.3) is 0 Å². The molecular weight excluding hydrogens is 464 g/mol. The Morgan fingerprint density at radius 2 is 1.78 bits per heavy atom. The molecule has 1 fully saturated rings. The van der Waals surface area contributed by atoms with Crippen molar-refractivity contribution in [3.63, 3.8) is 0 Å². The molecule has 3 aromatic rings. The maximum absolute atomic E-state index is 13.6. The smallest absolute Gasteiger partial charge is 0.223 e. The van der Waals surface area contributed by atoms with E-state index in [0.717, 1.165) is 50.0 Å². The predicted octanol–water partition coefficient (Wildman–Crippen LogP) is 3.88. The normalized spacial score (nSPS) is 20.4. The monoisotopic (exact) mass is 500 g/mol. The molecule has 2 aromatic heterocycles. The second-order valence-electron chi connectivity index (χ2n) is 10.2. The number of pyridine rings is 1. The number of aryl methyl sites for hydroxylation is 1. The Labute approximate surface area is 218 Å². The third-order valence-corrected chi connectivity index (χ3v) is 7.75. The molecule has 0 N–H and O–H groups in total. The average Bonchev–Trinajstić information content (AvgIpc) is 3.54. The Morgan fingerprint density at radius 1 is 0.973 bits per heavy atom. The van der Waals surface area contributed by atoms with Crippen LogP contribution in [0.3, 0.4) is 0 Å². The maximum Gasteiger partial charge on any atom is 0.223 e. The first-order chi connectivity index (χ1) is 18.1. The summed E-state index contributed by atoms with van der Waals surface area (Å²) in [5.74, 6) is 0.205. The molecule has 0 saturated carbocycles. The lowest BCUT2D eigenvalue weighted by molar-refractivity contribution is -0.132. The number of aromatic nitrogens is 3. The molecule has 2 atom stereocenters. The summed E-state index contributed by atoms with van der Waals surface area (Å²) >= 11 is 0. The molecule has 8 heteroatoms. The van der Waals surface area contributed by atoms with Crippen LogP contribution in [0.2, 0.25) is 0 Å². The number of fused-ring (bicyclic) bond motifs is 3. The Kier molecular flexibility index (Phi) is 7.94. The van der Waals surface area contributed by atoms with Crippen molar-refractivity contribution in [3.8, 4) is 0 Å². The summed E-state index contributed by atoms with van der Waals surface area (Å²) < 4.78 is 2.01. The summed E-state index contributed by atoms with van der Waals surface area (Å²) in [5, 5.41) is 0. The predicted molar refractivity (Wildman–Crippen MR) is 143 cm³/mol. The van der Waals surface area contributed by atoms with Crippen molar-refractivity contribution in [2.45, 2.75) is 70.7 Å². The Balaban J connectivity index is 1.42. The highest BCUT2D eigenvalue weighted by Gasteiger charge is 2.36. The van der Waals surface area contributed by atoms with E-state index in [1.54, 1.807) is 19.4 Å². The highest BCUT2D eigenvalue weighted by Crippen LogP contribution is 2.32. The lowest BCUT2D eigenvalue weighted by Gasteiger charge is -2.34. The minimum absolute atomic E-state index is 0.0418. The first-order valence-corrected chi connectivity index (χ1v) is 13.3. The van der Waals surface area contributed by atoms with Gasteiger partial charge >= 0.3 is 0 Å². The zero-order chi connectivity index (χ0) is 25.6. The van der Waals surface area contributed by atoms with Crippen LogP contribution in [0.15, 0.2) is 67.5 Å². The molecule has 4 heterocycles. The van der Waals surface area contributed by atoms with Crippen LogP contribution in [0.4, 0.5) is 5.69 Å². The molecular formula is C29H36N6O2. The SMILES string of the molecule is CC(=O)N1CC[C@H]2CC[C@@H](CN(C(=O)CCCn3ccnc3)Cc3ccccc31)N2Cc1ccncc1. The molecule has 2 aliphatic rings. The number of rotatable bonds is 6. The van der Waals surface area contributed by atoms with E-state index < -0.39 is 0 Å². The molecule has 1 saturated heterocycles. The number of imidazole rings is 1. The van der Waals surface area contributed by atoms with Gasteiger partial charge in [-0.1, -0.05) is 18.2 Å². The molecule has 2 amide bonds. The van der Waals surface area contributed by atoms with E-state index in [2.05, 4.69) is 33.1 Å². The third-order valence-electron chi connectivity index (χ3n) is 7.75. The first-order valence-electron chi connectivity index (χ1n) is 13.3. The van der Waals surface area contributed by atoms with Gasteiger partial charge in [0, 0.05) is 88.6 Å². The van der Waals surface area contributed by atoms with Crippen LogP contribution < -0.4 is 4.90 Å². The van der Waals surface area contributed by atoms with Crippen LogP contribution >= 0.6 is 0 Å². The van der Waals surface area contributed by atoms with Crippen LogP contribution in [0.1, 0.15) is 50.2 Å². The van der Waals surface area contributed by atoms with Crippen molar-refractivity contribution < 1.29 is 9.59 Å². The first kappa shape index (κ1) is 25.1. The number of para-hydroxylation sites is 1. The number of hydrogen-bond acceptors (Lipinski definition) is 5. The minimum Gasteiger partial charge on any atom is -0.337 e. The fourth-order valence-electron chi connectivity index (χ4n) is 5.82. The number of carbonyl (C=O) groups is 2. The van der Waals surface area contributed by atoms with E-state index in [-0.39, 0.29) is 17.9 Å². The van der Waals surface area contributed by atoms with Gasteiger partial charge in [0.1, 0.15) is 0 Å². The van der Waals surface area contributed by atoms with Crippen LogP contribution in [0.5, 0.6) is 0 Å². The molecule has 0 spiro atoms. The summed E-state index contributed by atoms with van der Waals surface area (Å²) in [4.78, 5) is 41.2. The topological polar surface area (TPSA) is 74.6 Å². The van der Waals surface area contributed by atoms with E-state index in [1.807, 2.05) is 51.2 Å². The summed E-state index contributed by atoms with van der Waals surface area (Å²) in [6.45, 7) is 5.12. The van der Waals surface area contributed by atoms with Gasteiger partial charge in [0.15, 0.2) is 0 Å². The number of benzene rings is 1. The largest absolute Gasteiger partial charge is 0.337 e.